The van der Waals surface area contributed by atoms with E-state index in [-0.39, 0.29) is 5.69 Å². The number of hydrogen-bond donors (Lipinski definition) is 0. The third-order valence-electron chi connectivity index (χ3n) is 1.29. The monoisotopic (exact) mass is 196 g/mol. The summed E-state index contributed by atoms with van der Waals surface area (Å²) in [5.41, 5.74) is 0.0938. The molecule has 68 valence electrons. The highest BCUT2D eigenvalue weighted by atomic mass is 32.2. The lowest BCUT2D eigenvalue weighted by molar-refractivity contribution is -0.385. The number of rotatable bonds is 3. The maximum atomic E-state index is 10.4. The van der Waals surface area contributed by atoms with E-state index in [1.54, 1.807) is 25.3 Å². The van der Waals surface area contributed by atoms with Gasteiger partial charge in [-0.3, -0.25) is 10.1 Å². The number of nitro groups is 1. The average Bonchev–Trinajstić information content (AvgIpc) is 2.15. The van der Waals surface area contributed by atoms with Gasteiger partial charge in [-0.15, -0.1) is 0 Å². The van der Waals surface area contributed by atoms with Crippen molar-refractivity contribution in [3.05, 3.63) is 34.4 Å². The van der Waals surface area contributed by atoms with E-state index < -0.39 is 4.92 Å². The summed E-state index contributed by atoms with van der Waals surface area (Å²) in [6.45, 7) is 1.80. The molecule has 0 aliphatic carbocycles. The largest absolute Gasteiger partial charge is 0.270 e. The summed E-state index contributed by atoms with van der Waals surface area (Å²) in [7, 11) is 0. The van der Waals surface area contributed by atoms with Gasteiger partial charge in [-0.2, -0.15) is 0 Å². The third-order valence-corrected chi connectivity index (χ3v) is 2.07. The molecule has 0 radical (unpaired) electrons. The Morgan fingerprint density at radius 2 is 2.38 bits per heavy atom. The second kappa shape index (κ2) is 4.61. The van der Waals surface area contributed by atoms with Crippen molar-refractivity contribution in [1.29, 1.82) is 0 Å². The van der Waals surface area contributed by atoms with Gasteiger partial charge in [0.2, 0.25) is 0 Å². The second-order valence-corrected chi connectivity index (χ2v) is 3.07. The smallest absolute Gasteiger partial charge is 0.258 e. The Morgan fingerprint density at radius 3 is 3.00 bits per heavy atom. The number of nitrogens with zero attached hydrogens (tertiary/aromatic N) is 2. The highest BCUT2D eigenvalue weighted by Crippen LogP contribution is 2.22. The lowest BCUT2D eigenvalue weighted by atomic mass is 10.3. The van der Waals surface area contributed by atoms with E-state index in [9.17, 15) is 10.1 Å². The predicted octanol–water partition coefficient (Wildman–Crippen LogP) is 2.69. The fraction of sp³-hybridized carbons (Fsp3) is 0.125. The summed E-state index contributed by atoms with van der Waals surface area (Å²) in [5.74, 6) is 0. The maximum Gasteiger partial charge on any atom is 0.270 e. The van der Waals surface area contributed by atoms with E-state index in [1.807, 2.05) is 0 Å². The Hall–Kier alpha value is -1.36. The minimum atomic E-state index is -0.417. The molecule has 4 nitrogen and oxygen atoms in total. The summed E-state index contributed by atoms with van der Waals surface area (Å²) in [6, 6.07) is 6.38. The zero-order chi connectivity index (χ0) is 9.68. The van der Waals surface area contributed by atoms with E-state index in [2.05, 4.69) is 4.40 Å². The molecular formula is C8H8N2O2S. The first-order chi connectivity index (χ1) is 6.24. The van der Waals surface area contributed by atoms with Crippen LogP contribution in [-0.4, -0.2) is 11.1 Å². The van der Waals surface area contributed by atoms with E-state index >= 15 is 0 Å². The maximum absolute atomic E-state index is 10.4. The molecule has 0 atom stereocenters. The number of hydrogen-bond acceptors (Lipinski definition) is 4. The Morgan fingerprint density at radius 1 is 1.62 bits per heavy atom. The molecule has 0 unspecified atom stereocenters. The Kier molecular flexibility index (Phi) is 3.45. The average molecular weight is 196 g/mol. The molecule has 0 aromatic heterocycles. The molecule has 0 amide bonds. The molecule has 0 saturated heterocycles. The lowest BCUT2D eigenvalue weighted by Gasteiger charge is -1.94. The van der Waals surface area contributed by atoms with Crippen LogP contribution in [0.5, 0.6) is 0 Å². The quantitative estimate of drug-likeness (QED) is 0.323. The van der Waals surface area contributed by atoms with Gasteiger partial charge in [-0.05, 0) is 13.0 Å². The fourth-order valence-corrected chi connectivity index (χ4v) is 1.31. The molecule has 0 heterocycles. The van der Waals surface area contributed by atoms with Crippen LogP contribution >= 0.6 is 11.9 Å². The Bertz CT molecular complexity index is 339. The van der Waals surface area contributed by atoms with Crippen LogP contribution in [-0.2, 0) is 0 Å². The minimum Gasteiger partial charge on any atom is -0.258 e. The molecule has 1 rings (SSSR count). The van der Waals surface area contributed by atoms with Gasteiger partial charge in [0.05, 0.1) is 4.92 Å². The van der Waals surface area contributed by atoms with Gasteiger partial charge in [-0.1, -0.05) is 6.07 Å². The molecule has 0 aliphatic heterocycles. The van der Waals surface area contributed by atoms with E-state index in [0.29, 0.717) is 0 Å². The van der Waals surface area contributed by atoms with Crippen molar-refractivity contribution in [1.82, 2.24) is 0 Å². The van der Waals surface area contributed by atoms with Crippen LogP contribution in [0.15, 0.2) is 33.6 Å². The zero-order valence-corrected chi connectivity index (χ0v) is 7.82. The SMILES string of the molecule is C/C=N\Sc1cccc([N+](=O)[O-])c1. The van der Waals surface area contributed by atoms with Crippen molar-refractivity contribution in [2.75, 3.05) is 0 Å². The van der Waals surface area contributed by atoms with Crippen molar-refractivity contribution < 1.29 is 4.92 Å². The molecule has 0 aliphatic rings. The first-order valence-electron chi connectivity index (χ1n) is 3.63. The molecular weight excluding hydrogens is 188 g/mol. The number of benzene rings is 1. The van der Waals surface area contributed by atoms with Gasteiger partial charge in [0.1, 0.15) is 0 Å². The Balaban J connectivity index is 2.85. The number of nitro benzene ring substituents is 1. The molecule has 0 spiro atoms. The molecule has 1 aromatic rings. The van der Waals surface area contributed by atoms with Gasteiger partial charge < -0.3 is 0 Å². The van der Waals surface area contributed by atoms with Crippen LogP contribution in [0.4, 0.5) is 5.69 Å². The minimum absolute atomic E-state index is 0.0938. The summed E-state index contributed by atoms with van der Waals surface area (Å²) >= 11 is 1.22. The summed E-state index contributed by atoms with van der Waals surface area (Å²) < 4.78 is 3.91. The highest BCUT2D eigenvalue weighted by Gasteiger charge is 2.04. The second-order valence-electron chi connectivity index (χ2n) is 2.21. The zero-order valence-electron chi connectivity index (χ0n) is 7.01. The molecule has 0 N–H and O–H groups in total. The van der Waals surface area contributed by atoms with Crippen molar-refractivity contribution in [3.8, 4) is 0 Å². The van der Waals surface area contributed by atoms with Gasteiger partial charge in [-0.25, -0.2) is 4.40 Å². The third kappa shape index (κ3) is 2.87. The van der Waals surface area contributed by atoms with Crippen LogP contribution in [0, 0.1) is 10.1 Å². The number of non-ortho nitro benzene ring substituents is 1. The predicted molar refractivity (Wildman–Crippen MR) is 53.1 cm³/mol. The molecule has 0 bridgehead atoms. The molecule has 0 saturated carbocycles. The summed E-state index contributed by atoms with van der Waals surface area (Å²) in [6.07, 6.45) is 1.64. The van der Waals surface area contributed by atoms with Crippen LogP contribution in [0.2, 0.25) is 0 Å². The molecule has 0 fully saturated rings. The van der Waals surface area contributed by atoms with Gasteiger partial charge in [0.15, 0.2) is 0 Å². The van der Waals surface area contributed by atoms with Gasteiger partial charge in [0.25, 0.3) is 5.69 Å². The summed E-state index contributed by atoms with van der Waals surface area (Å²) in [4.78, 5) is 10.7. The van der Waals surface area contributed by atoms with Crippen LogP contribution < -0.4 is 0 Å². The highest BCUT2D eigenvalue weighted by molar-refractivity contribution is 7.98. The summed E-state index contributed by atoms with van der Waals surface area (Å²) in [5, 5.41) is 10.4. The van der Waals surface area contributed by atoms with E-state index in [0.717, 1.165) is 4.90 Å². The molecule has 1 aromatic carbocycles. The fourth-order valence-electron chi connectivity index (χ4n) is 0.767. The standard InChI is InChI=1S/C8H8N2O2S/c1-2-9-13-8-5-3-4-7(6-8)10(11)12/h2-6H,1H3/b9-2-. The molecule has 5 heteroatoms. The van der Waals surface area contributed by atoms with Crippen LogP contribution in [0.25, 0.3) is 0 Å². The van der Waals surface area contributed by atoms with E-state index in [4.69, 9.17) is 0 Å². The topological polar surface area (TPSA) is 55.5 Å². The van der Waals surface area contributed by atoms with Crippen molar-refractivity contribution in [3.63, 3.8) is 0 Å². The van der Waals surface area contributed by atoms with Crippen molar-refractivity contribution >= 4 is 23.8 Å². The van der Waals surface area contributed by atoms with Crippen LogP contribution in [0.3, 0.4) is 0 Å². The van der Waals surface area contributed by atoms with E-state index in [1.165, 1.54) is 24.1 Å². The van der Waals surface area contributed by atoms with Gasteiger partial charge in [0, 0.05) is 35.2 Å². The normalized spacial score (nSPS) is 10.5. The van der Waals surface area contributed by atoms with Crippen molar-refractivity contribution in [2.24, 2.45) is 4.40 Å². The molecule has 13 heavy (non-hydrogen) atoms. The van der Waals surface area contributed by atoms with Crippen molar-refractivity contribution in [2.45, 2.75) is 11.8 Å². The lowest BCUT2D eigenvalue weighted by Crippen LogP contribution is -1.86. The first-order valence-corrected chi connectivity index (χ1v) is 4.41. The van der Waals surface area contributed by atoms with Gasteiger partial charge >= 0.3 is 0 Å². The first kappa shape index (κ1) is 9.73. The Labute approximate surface area is 80.0 Å². The van der Waals surface area contributed by atoms with Crippen LogP contribution in [0.1, 0.15) is 6.92 Å².